The van der Waals surface area contributed by atoms with Crippen molar-refractivity contribution in [3.05, 3.63) is 0 Å². The van der Waals surface area contributed by atoms with Gasteiger partial charge in [0.25, 0.3) is 0 Å². The Bertz CT molecular complexity index is 316. The lowest BCUT2D eigenvalue weighted by atomic mass is 9.90. The molecule has 0 aromatic carbocycles. The summed E-state index contributed by atoms with van der Waals surface area (Å²) >= 11 is 0. The summed E-state index contributed by atoms with van der Waals surface area (Å²) in [6.07, 6.45) is 0.520. The Labute approximate surface area is 148 Å². The van der Waals surface area contributed by atoms with Crippen molar-refractivity contribution in [3.8, 4) is 0 Å². The molecule has 0 heterocycles. The fourth-order valence-corrected chi connectivity index (χ4v) is 3.12. The van der Waals surface area contributed by atoms with E-state index in [-0.39, 0.29) is 31.3 Å². The van der Waals surface area contributed by atoms with Gasteiger partial charge in [0.05, 0.1) is 0 Å². The molecule has 0 atom stereocenters. The largest absolute Gasteiger partial charge is 0.396 e. The minimum Gasteiger partial charge on any atom is -0.396 e. The zero-order chi connectivity index (χ0) is 18.1. The molecule has 138 valence electrons. The second-order valence-corrected chi connectivity index (χ2v) is 8.08. The van der Waals surface area contributed by atoms with Gasteiger partial charge >= 0.3 is 0 Å². The Balaban J connectivity index is 0. The molecule has 0 unspecified atom stereocenters. The van der Waals surface area contributed by atoms with Crippen LogP contribution < -0.4 is 16.4 Å². The summed E-state index contributed by atoms with van der Waals surface area (Å²) in [7, 11) is 3.38. The Hall–Kier alpha value is -0.440. The van der Waals surface area contributed by atoms with Crippen molar-refractivity contribution in [3.63, 3.8) is 0 Å². The average molecular weight is 368 g/mol. The summed E-state index contributed by atoms with van der Waals surface area (Å²) < 4.78 is 0. The SMILES string of the molecule is CC.CC(C)(CO)CC(=O)NCCC(=O)NCCSSCCN. The molecule has 2 amide bonds. The first kappa shape index (κ1) is 24.8. The van der Waals surface area contributed by atoms with Gasteiger partial charge in [-0.25, -0.2) is 0 Å². The van der Waals surface area contributed by atoms with Crippen LogP contribution in [0.3, 0.4) is 0 Å². The van der Waals surface area contributed by atoms with Crippen LogP contribution in [0.5, 0.6) is 0 Å². The van der Waals surface area contributed by atoms with Crippen molar-refractivity contribution in [1.82, 2.24) is 10.6 Å². The quantitative estimate of drug-likeness (QED) is 0.307. The smallest absolute Gasteiger partial charge is 0.221 e. The standard InChI is InChI=1S/C13H27N3O3S2.C2H6/c1-13(2,10-17)9-12(19)15-5-3-11(18)16-6-8-21-20-7-4-14;1-2/h17H,3-10,14H2,1-2H3,(H,15,19)(H,16,18);1-2H3. The van der Waals surface area contributed by atoms with Crippen LogP contribution >= 0.6 is 21.6 Å². The van der Waals surface area contributed by atoms with Gasteiger partial charge in [0.15, 0.2) is 0 Å². The van der Waals surface area contributed by atoms with Gasteiger partial charge in [-0.3, -0.25) is 9.59 Å². The molecule has 0 aromatic heterocycles. The lowest BCUT2D eigenvalue weighted by Crippen LogP contribution is -2.34. The van der Waals surface area contributed by atoms with Gasteiger partial charge in [-0.15, -0.1) is 0 Å². The van der Waals surface area contributed by atoms with Crippen LogP contribution in [0.25, 0.3) is 0 Å². The second-order valence-electron chi connectivity index (χ2n) is 5.38. The van der Waals surface area contributed by atoms with Crippen LogP contribution in [0, 0.1) is 5.41 Å². The van der Waals surface area contributed by atoms with Gasteiger partial charge in [0.2, 0.25) is 11.8 Å². The minimum absolute atomic E-state index is 0.0409. The highest BCUT2D eigenvalue weighted by atomic mass is 33.1. The molecular weight excluding hydrogens is 334 g/mol. The molecule has 0 fully saturated rings. The van der Waals surface area contributed by atoms with Crippen molar-refractivity contribution >= 4 is 33.4 Å². The normalized spacial score (nSPS) is 10.5. The summed E-state index contributed by atoms with van der Waals surface area (Å²) in [6.45, 7) is 9.20. The number of nitrogens with one attached hydrogen (secondary N) is 2. The lowest BCUT2D eigenvalue weighted by molar-refractivity contribution is -0.124. The van der Waals surface area contributed by atoms with E-state index in [0.717, 1.165) is 11.5 Å². The van der Waals surface area contributed by atoms with Crippen LogP contribution in [0.2, 0.25) is 0 Å². The first-order valence-corrected chi connectivity index (χ1v) is 10.5. The van der Waals surface area contributed by atoms with Crippen LogP contribution in [0.4, 0.5) is 0 Å². The first-order chi connectivity index (χ1) is 10.9. The highest BCUT2D eigenvalue weighted by Gasteiger charge is 2.20. The summed E-state index contributed by atoms with van der Waals surface area (Å²) in [5.74, 6) is 1.54. The van der Waals surface area contributed by atoms with E-state index in [1.54, 1.807) is 21.6 Å². The van der Waals surface area contributed by atoms with Crippen molar-refractivity contribution in [1.29, 1.82) is 0 Å². The molecule has 0 aromatic rings. The Morgan fingerprint density at radius 1 is 1.04 bits per heavy atom. The van der Waals surface area contributed by atoms with Gasteiger partial charge < -0.3 is 21.5 Å². The van der Waals surface area contributed by atoms with Gasteiger partial charge in [0, 0.05) is 50.6 Å². The highest BCUT2D eigenvalue weighted by Crippen LogP contribution is 2.19. The van der Waals surface area contributed by atoms with Crippen LogP contribution in [-0.4, -0.2) is 54.7 Å². The van der Waals surface area contributed by atoms with Gasteiger partial charge in [-0.1, -0.05) is 49.3 Å². The lowest BCUT2D eigenvalue weighted by Gasteiger charge is -2.20. The topological polar surface area (TPSA) is 104 Å². The number of aliphatic hydroxyl groups is 1. The number of hydrogen-bond acceptors (Lipinski definition) is 6. The van der Waals surface area contributed by atoms with Gasteiger partial charge in [-0.2, -0.15) is 0 Å². The Morgan fingerprint density at radius 2 is 1.61 bits per heavy atom. The third kappa shape index (κ3) is 17.7. The molecule has 0 spiro atoms. The number of nitrogens with two attached hydrogens (primary N) is 1. The molecule has 5 N–H and O–H groups in total. The number of carbonyl (C=O) groups excluding carboxylic acids is 2. The van der Waals surface area contributed by atoms with E-state index in [4.69, 9.17) is 10.8 Å². The summed E-state index contributed by atoms with van der Waals surface area (Å²) in [5, 5.41) is 14.6. The van der Waals surface area contributed by atoms with Gasteiger partial charge in [0.1, 0.15) is 0 Å². The van der Waals surface area contributed by atoms with E-state index in [2.05, 4.69) is 10.6 Å². The van der Waals surface area contributed by atoms with Crippen LogP contribution in [0.15, 0.2) is 0 Å². The zero-order valence-corrected chi connectivity index (χ0v) is 16.4. The van der Waals surface area contributed by atoms with Crippen molar-refractivity contribution in [2.45, 2.75) is 40.5 Å². The van der Waals surface area contributed by atoms with Gasteiger partial charge in [-0.05, 0) is 5.41 Å². The number of rotatable bonds is 12. The molecule has 0 aliphatic heterocycles. The molecule has 0 radical (unpaired) electrons. The average Bonchev–Trinajstić information content (AvgIpc) is 2.52. The van der Waals surface area contributed by atoms with E-state index in [1.165, 1.54) is 0 Å². The molecule has 8 heteroatoms. The predicted octanol–water partition coefficient (Wildman–Crippen LogP) is 1.38. The molecule has 0 aliphatic carbocycles. The molecule has 0 aliphatic rings. The summed E-state index contributed by atoms with van der Waals surface area (Å²) in [6, 6.07) is 0. The molecule has 0 rings (SSSR count). The maximum Gasteiger partial charge on any atom is 0.221 e. The molecule has 0 bridgehead atoms. The Kier molecular flexibility index (Phi) is 17.7. The highest BCUT2D eigenvalue weighted by molar-refractivity contribution is 8.76. The zero-order valence-electron chi connectivity index (χ0n) is 14.8. The molecule has 23 heavy (non-hydrogen) atoms. The van der Waals surface area contributed by atoms with E-state index < -0.39 is 5.41 Å². The number of amides is 2. The summed E-state index contributed by atoms with van der Waals surface area (Å²) in [5.41, 5.74) is 4.94. The fraction of sp³-hybridized carbons (Fsp3) is 0.867. The third-order valence-corrected chi connectivity index (χ3v) is 4.97. The molecule has 0 saturated heterocycles. The first-order valence-electron chi connectivity index (χ1n) is 8.00. The maximum atomic E-state index is 11.6. The van der Waals surface area contributed by atoms with Crippen molar-refractivity contribution < 1.29 is 14.7 Å². The number of carbonyl (C=O) groups is 2. The minimum atomic E-state index is -0.426. The van der Waals surface area contributed by atoms with E-state index in [1.807, 2.05) is 27.7 Å². The van der Waals surface area contributed by atoms with Crippen molar-refractivity contribution in [2.75, 3.05) is 37.7 Å². The van der Waals surface area contributed by atoms with Crippen LogP contribution in [-0.2, 0) is 9.59 Å². The predicted molar refractivity (Wildman–Crippen MR) is 101 cm³/mol. The molecule has 6 nitrogen and oxygen atoms in total. The molecular formula is C15H33N3O3S2. The summed E-state index contributed by atoms with van der Waals surface area (Å²) in [4.78, 5) is 23.1. The van der Waals surface area contributed by atoms with Crippen molar-refractivity contribution in [2.24, 2.45) is 11.1 Å². The molecule has 0 saturated carbocycles. The third-order valence-electron chi connectivity index (χ3n) is 2.53. The maximum absolute atomic E-state index is 11.6. The Morgan fingerprint density at radius 3 is 2.17 bits per heavy atom. The number of aliphatic hydroxyl groups excluding tert-OH is 1. The van der Waals surface area contributed by atoms with E-state index in [9.17, 15) is 9.59 Å². The van der Waals surface area contributed by atoms with Crippen LogP contribution in [0.1, 0.15) is 40.5 Å². The second kappa shape index (κ2) is 16.4. The number of hydrogen-bond donors (Lipinski definition) is 4. The fourth-order valence-electron chi connectivity index (χ4n) is 1.35. The monoisotopic (exact) mass is 367 g/mol. The van der Waals surface area contributed by atoms with E-state index >= 15 is 0 Å². The van der Waals surface area contributed by atoms with E-state index in [0.29, 0.717) is 19.6 Å².